The highest BCUT2D eigenvalue weighted by Crippen LogP contribution is 2.40. The van der Waals surface area contributed by atoms with Crippen LogP contribution in [0.3, 0.4) is 0 Å². The summed E-state index contributed by atoms with van der Waals surface area (Å²) >= 11 is 0. The Bertz CT molecular complexity index is 1240. The first-order chi connectivity index (χ1) is 16.5. The Labute approximate surface area is 197 Å². The quantitative estimate of drug-likeness (QED) is 0.586. The van der Waals surface area contributed by atoms with Crippen molar-refractivity contribution in [3.8, 4) is 5.75 Å². The van der Waals surface area contributed by atoms with Gasteiger partial charge in [0, 0.05) is 37.2 Å². The van der Waals surface area contributed by atoms with Gasteiger partial charge in [-0.25, -0.2) is 9.18 Å². The molecule has 1 N–H and O–H groups in total. The fourth-order valence-corrected chi connectivity index (χ4v) is 4.67. The molecule has 0 saturated carbocycles. The normalized spacial score (nSPS) is 16.7. The number of piperidine rings is 1. The number of rotatable bonds is 3. The maximum absolute atomic E-state index is 14.5. The Hall–Kier alpha value is -3.87. The molecule has 0 atom stereocenters. The lowest BCUT2D eigenvalue weighted by Gasteiger charge is -2.50. The number of carbonyl (C=O) groups is 2. The average Bonchev–Trinajstić information content (AvgIpc) is 2.85. The molecular weight excluding hydrogens is 433 g/mol. The number of likely N-dealkylation sites (tertiary alicyclic amines) is 1. The van der Waals surface area contributed by atoms with E-state index < -0.39 is 5.72 Å². The number of urea groups is 1. The summed E-state index contributed by atoms with van der Waals surface area (Å²) in [5.74, 6) is -0.0302. The van der Waals surface area contributed by atoms with Gasteiger partial charge in [0.2, 0.25) is 0 Å². The van der Waals surface area contributed by atoms with Gasteiger partial charge in [-0.2, -0.15) is 0 Å². The van der Waals surface area contributed by atoms with Gasteiger partial charge in [-0.15, -0.1) is 0 Å². The fourth-order valence-electron chi connectivity index (χ4n) is 4.67. The van der Waals surface area contributed by atoms with E-state index in [2.05, 4.69) is 5.32 Å². The molecule has 2 heterocycles. The molecule has 0 radical (unpaired) electrons. The lowest BCUT2D eigenvalue weighted by atomic mass is 9.93. The third-order valence-corrected chi connectivity index (χ3v) is 6.66. The number of benzene rings is 3. The minimum Gasteiger partial charge on any atom is -0.467 e. The molecule has 6 nitrogen and oxygen atoms in total. The van der Waals surface area contributed by atoms with Gasteiger partial charge in [-0.3, -0.25) is 9.69 Å². The Morgan fingerprint density at radius 2 is 1.68 bits per heavy atom. The molecule has 1 spiro atoms. The molecule has 7 heteroatoms. The van der Waals surface area contributed by atoms with E-state index in [1.807, 2.05) is 37.3 Å². The van der Waals surface area contributed by atoms with E-state index in [1.54, 1.807) is 46.2 Å². The number of halogens is 1. The lowest BCUT2D eigenvalue weighted by molar-refractivity contribution is -0.109. The van der Waals surface area contributed by atoms with Crippen molar-refractivity contribution in [3.63, 3.8) is 0 Å². The van der Waals surface area contributed by atoms with Crippen LogP contribution in [0, 0.1) is 12.7 Å². The summed E-state index contributed by atoms with van der Waals surface area (Å²) < 4.78 is 20.9. The Morgan fingerprint density at radius 3 is 2.44 bits per heavy atom. The maximum atomic E-state index is 14.5. The SMILES string of the molecule is Cc1ccccc1NC(=O)N1CCC2(CC1)Oc1ccccc1C(=O)N2Cc1ccccc1F. The van der Waals surface area contributed by atoms with Gasteiger partial charge >= 0.3 is 6.03 Å². The van der Waals surface area contributed by atoms with E-state index in [0.717, 1.165) is 11.3 Å². The number of para-hydroxylation sites is 2. The van der Waals surface area contributed by atoms with Crippen LogP contribution in [0.2, 0.25) is 0 Å². The second-order valence-corrected chi connectivity index (χ2v) is 8.76. The fraction of sp³-hybridized carbons (Fsp3) is 0.259. The van der Waals surface area contributed by atoms with Crippen LogP contribution >= 0.6 is 0 Å². The maximum Gasteiger partial charge on any atom is 0.321 e. The lowest BCUT2D eigenvalue weighted by Crippen LogP contribution is -2.63. The molecule has 3 aromatic rings. The van der Waals surface area contributed by atoms with Gasteiger partial charge in [0.15, 0.2) is 5.72 Å². The molecule has 1 saturated heterocycles. The summed E-state index contributed by atoms with van der Waals surface area (Å²) in [5, 5.41) is 2.97. The zero-order valence-corrected chi connectivity index (χ0v) is 19.0. The van der Waals surface area contributed by atoms with Crippen LogP contribution in [0.1, 0.15) is 34.3 Å². The van der Waals surface area contributed by atoms with E-state index in [1.165, 1.54) is 6.07 Å². The summed E-state index contributed by atoms with van der Waals surface area (Å²) in [7, 11) is 0. The molecular formula is C27H26FN3O3. The van der Waals surface area contributed by atoms with Crippen LogP contribution in [0.5, 0.6) is 5.75 Å². The van der Waals surface area contributed by atoms with E-state index in [9.17, 15) is 14.0 Å². The van der Waals surface area contributed by atoms with Crippen LogP contribution in [-0.2, 0) is 6.54 Å². The van der Waals surface area contributed by atoms with E-state index in [4.69, 9.17) is 4.74 Å². The van der Waals surface area contributed by atoms with Crippen molar-refractivity contribution in [2.24, 2.45) is 0 Å². The molecule has 3 amide bonds. The number of nitrogens with zero attached hydrogens (tertiary/aromatic N) is 2. The monoisotopic (exact) mass is 459 g/mol. The molecule has 5 rings (SSSR count). The van der Waals surface area contributed by atoms with Gasteiger partial charge in [-0.05, 0) is 36.8 Å². The third-order valence-electron chi connectivity index (χ3n) is 6.66. The molecule has 1 fully saturated rings. The minimum absolute atomic E-state index is 0.0925. The molecule has 0 unspecified atom stereocenters. The average molecular weight is 460 g/mol. The van der Waals surface area contributed by atoms with E-state index in [-0.39, 0.29) is 24.3 Å². The van der Waals surface area contributed by atoms with Crippen LogP contribution in [-0.4, -0.2) is 40.6 Å². The summed E-state index contributed by atoms with van der Waals surface area (Å²) in [6.45, 7) is 2.84. The van der Waals surface area contributed by atoms with E-state index >= 15 is 0 Å². The second-order valence-electron chi connectivity index (χ2n) is 8.76. The van der Waals surface area contributed by atoms with Crippen LogP contribution < -0.4 is 10.1 Å². The van der Waals surface area contributed by atoms with Crippen molar-refractivity contribution >= 4 is 17.6 Å². The predicted molar refractivity (Wildman–Crippen MR) is 127 cm³/mol. The van der Waals surface area contributed by atoms with Crippen molar-refractivity contribution in [2.45, 2.75) is 32.0 Å². The zero-order chi connectivity index (χ0) is 23.7. The number of nitrogens with one attached hydrogen (secondary N) is 1. The van der Waals surface area contributed by atoms with Crippen molar-refractivity contribution in [3.05, 3.63) is 95.3 Å². The Morgan fingerprint density at radius 1 is 1.00 bits per heavy atom. The smallest absolute Gasteiger partial charge is 0.321 e. The molecule has 174 valence electrons. The molecule has 0 aliphatic carbocycles. The minimum atomic E-state index is -0.951. The number of hydrogen-bond donors (Lipinski definition) is 1. The standard InChI is InChI=1S/C27H26FN3O3/c1-19-8-2-6-12-23(19)29-26(33)30-16-14-27(15-17-30)31(18-20-9-3-5-11-22(20)28)25(32)21-10-4-7-13-24(21)34-27/h2-13H,14-18H2,1H3,(H,29,33). The van der Waals surface area contributed by atoms with Gasteiger partial charge < -0.3 is 15.0 Å². The third kappa shape index (κ3) is 3.98. The molecule has 0 bridgehead atoms. The molecule has 2 aliphatic heterocycles. The number of amides is 3. The van der Waals surface area contributed by atoms with E-state index in [0.29, 0.717) is 42.8 Å². The topological polar surface area (TPSA) is 61.9 Å². The molecule has 34 heavy (non-hydrogen) atoms. The molecule has 3 aromatic carbocycles. The number of ether oxygens (including phenoxy) is 1. The number of hydrogen-bond acceptors (Lipinski definition) is 3. The first-order valence-electron chi connectivity index (χ1n) is 11.4. The summed E-state index contributed by atoms with van der Waals surface area (Å²) in [4.78, 5) is 29.8. The van der Waals surface area contributed by atoms with Crippen molar-refractivity contribution in [1.29, 1.82) is 0 Å². The first-order valence-corrected chi connectivity index (χ1v) is 11.4. The summed E-state index contributed by atoms with van der Waals surface area (Å²) in [6.07, 6.45) is 0.839. The summed E-state index contributed by atoms with van der Waals surface area (Å²) in [6, 6.07) is 21.0. The van der Waals surface area contributed by atoms with Crippen LogP contribution in [0.25, 0.3) is 0 Å². The number of carbonyl (C=O) groups excluding carboxylic acids is 2. The number of fused-ring (bicyclic) bond motifs is 1. The number of anilines is 1. The van der Waals surface area contributed by atoms with Gasteiger partial charge in [0.25, 0.3) is 5.91 Å². The number of aryl methyl sites for hydroxylation is 1. The highest BCUT2D eigenvalue weighted by atomic mass is 19.1. The highest BCUT2D eigenvalue weighted by molar-refractivity contribution is 5.98. The Balaban J connectivity index is 1.39. The van der Waals surface area contributed by atoms with Crippen molar-refractivity contribution in [1.82, 2.24) is 9.80 Å². The van der Waals surface area contributed by atoms with Gasteiger partial charge in [0.05, 0.1) is 12.1 Å². The zero-order valence-electron chi connectivity index (χ0n) is 19.0. The van der Waals surface area contributed by atoms with Crippen LogP contribution in [0.4, 0.5) is 14.9 Å². The predicted octanol–water partition coefficient (Wildman–Crippen LogP) is 5.19. The largest absolute Gasteiger partial charge is 0.467 e. The summed E-state index contributed by atoms with van der Waals surface area (Å²) in [5.41, 5.74) is 1.69. The first kappa shape index (κ1) is 21.9. The molecule has 0 aromatic heterocycles. The van der Waals surface area contributed by atoms with Crippen molar-refractivity contribution in [2.75, 3.05) is 18.4 Å². The van der Waals surface area contributed by atoms with Crippen LogP contribution in [0.15, 0.2) is 72.8 Å². The molecule has 2 aliphatic rings. The van der Waals surface area contributed by atoms with Gasteiger partial charge in [0.1, 0.15) is 11.6 Å². The second kappa shape index (κ2) is 8.82. The Kier molecular flexibility index (Phi) is 5.69. The highest BCUT2D eigenvalue weighted by Gasteiger charge is 2.49. The van der Waals surface area contributed by atoms with Gasteiger partial charge in [-0.1, -0.05) is 48.5 Å². The van der Waals surface area contributed by atoms with Crippen molar-refractivity contribution < 1.29 is 18.7 Å².